The van der Waals surface area contributed by atoms with Crippen LogP contribution < -0.4 is 27.4 Å². The molecule has 11 nitrogen and oxygen atoms in total. The average molecular weight is 458 g/mol. The first-order valence-corrected chi connectivity index (χ1v) is 10.9. The first kappa shape index (κ1) is 29.3. The van der Waals surface area contributed by atoms with Crippen molar-refractivity contribution in [3.8, 4) is 0 Å². The normalized spacial score (nSPS) is 15.9. The van der Waals surface area contributed by atoms with Crippen LogP contribution >= 0.6 is 0 Å². The zero-order valence-electron chi connectivity index (χ0n) is 19.8. The SMILES string of the molecule is CCC(C)C(NC(=O)C(NC(=O)C(N)CCC(N)=O)C(C)C)C(=O)NC(C(=O)O)C(C)C. The highest BCUT2D eigenvalue weighted by atomic mass is 16.4. The third-order valence-electron chi connectivity index (χ3n) is 5.31. The molecule has 0 saturated carbocycles. The molecule has 0 spiro atoms. The summed E-state index contributed by atoms with van der Waals surface area (Å²) in [5.41, 5.74) is 10.8. The second kappa shape index (κ2) is 13.7. The molecule has 8 N–H and O–H groups in total. The van der Waals surface area contributed by atoms with Gasteiger partial charge in [0.05, 0.1) is 6.04 Å². The van der Waals surface area contributed by atoms with Crippen LogP contribution in [0.3, 0.4) is 0 Å². The lowest BCUT2D eigenvalue weighted by Crippen LogP contribution is -2.60. The lowest BCUT2D eigenvalue weighted by molar-refractivity contribution is -0.144. The standard InChI is InChI=1S/C21H39N5O6/c1-7-12(6)17(20(30)25-16(11(4)5)21(31)32)26-19(29)15(10(2)3)24-18(28)13(22)8-9-14(23)27/h10-13,15-17H,7-9,22H2,1-6H3,(H2,23,27)(H,24,28)(H,25,30)(H,26,29)(H,31,32). The highest BCUT2D eigenvalue weighted by Gasteiger charge is 2.34. The Morgan fingerprint density at radius 3 is 1.62 bits per heavy atom. The van der Waals surface area contributed by atoms with E-state index in [2.05, 4.69) is 16.0 Å². The fourth-order valence-electron chi connectivity index (χ4n) is 2.93. The number of primary amides is 1. The van der Waals surface area contributed by atoms with E-state index in [9.17, 15) is 29.1 Å². The van der Waals surface area contributed by atoms with Gasteiger partial charge < -0.3 is 32.5 Å². The highest BCUT2D eigenvalue weighted by Crippen LogP contribution is 2.12. The second-order valence-corrected chi connectivity index (χ2v) is 8.78. The topological polar surface area (TPSA) is 194 Å². The van der Waals surface area contributed by atoms with Gasteiger partial charge in [0.1, 0.15) is 18.1 Å². The molecule has 0 fully saturated rings. The molecular formula is C21H39N5O6. The van der Waals surface area contributed by atoms with Gasteiger partial charge in [-0.05, 0) is 24.2 Å². The first-order valence-electron chi connectivity index (χ1n) is 10.9. The third kappa shape index (κ3) is 9.63. The largest absolute Gasteiger partial charge is 0.480 e. The molecule has 0 aliphatic heterocycles. The van der Waals surface area contributed by atoms with E-state index in [0.717, 1.165) is 0 Å². The van der Waals surface area contributed by atoms with Gasteiger partial charge >= 0.3 is 5.97 Å². The van der Waals surface area contributed by atoms with Crippen LogP contribution in [0.5, 0.6) is 0 Å². The van der Waals surface area contributed by atoms with Gasteiger partial charge in [0.2, 0.25) is 23.6 Å². The Morgan fingerprint density at radius 2 is 1.22 bits per heavy atom. The number of carbonyl (C=O) groups excluding carboxylic acids is 4. The van der Waals surface area contributed by atoms with E-state index in [1.165, 1.54) is 0 Å². The van der Waals surface area contributed by atoms with Gasteiger partial charge in [-0.1, -0.05) is 48.0 Å². The summed E-state index contributed by atoms with van der Waals surface area (Å²) in [6.07, 6.45) is 0.524. The summed E-state index contributed by atoms with van der Waals surface area (Å²) < 4.78 is 0. The van der Waals surface area contributed by atoms with Gasteiger partial charge in [-0.25, -0.2) is 4.79 Å². The Morgan fingerprint density at radius 1 is 0.781 bits per heavy atom. The van der Waals surface area contributed by atoms with Crippen LogP contribution in [-0.4, -0.2) is 58.9 Å². The van der Waals surface area contributed by atoms with Crippen LogP contribution in [0.25, 0.3) is 0 Å². The molecule has 0 rings (SSSR count). The number of carboxylic acid groups (broad SMARTS) is 1. The summed E-state index contributed by atoms with van der Waals surface area (Å²) in [7, 11) is 0. The maximum Gasteiger partial charge on any atom is 0.326 e. The molecule has 11 heteroatoms. The number of hydrogen-bond donors (Lipinski definition) is 6. The number of carboxylic acids is 1. The van der Waals surface area contributed by atoms with Gasteiger partial charge in [-0.15, -0.1) is 0 Å². The number of hydrogen-bond acceptors (Lipinski definition) is 6. The van der Waals surface area contributed by atoms with Gasteiger partial charge in [0.15, 0.2) is 0 Å². The molecule has 0 aromatic heterocycles. The molecule has 0 saturated heterocycles. The fourth-order valence-corrected chi connectivity index (χ4v) is 2.93. The summed E-state index contributed by atoms with van der Waals surface area (Å²) >= 11 is 0. The summed E-state index contributed by atoms with van der Waals surface area (Å²) in [6, 6.07) is -4.10. The summed E-state index contributed by atoms with van der Waals surface area (Å²) in [5.74, 6) is -4.54. The number of nitrogens with two attached hydrogens (primary N) is 2. The van der Waals surface area contributed by atoms with Crippen LogP contribution in [0, 0.1) is 17.8 Å². The Labute approximate surface area is 189 Å². The predicted octanol–water partition coefficient (Wildman–Crippen LogP) is -0.524. The van der Waals surface area contributed by atoms with E-state index in [4.69, 9.17) is 11.5 Å². The smallest absolute Gasteiger partial charge is 0.326 e. The Kier molecular flexibility index (Phi) is 12.5. The van der Waals surface area contributed by atoms with E-state index in [1.807, 2.05) is 6.92 Å². The number of rotatable bonds is 14. The van der Waals surface area contributed by atoms with Crippen molar-refractivity contribution in [2.45, 2.75) is 85.0 Å². The molecule has 32 heavy (non-hydrogen) atoms. The maximum absolute atomic E-state index is 13.0. The summed E-state index contributed by atoms with van der Waals surface area (Å²) in [4.78, 5) is 60.5. The van der Waals surface area contributed by atoms with E-state index in [0.29, 0.717) is 6.42 Å². The van der Waals surface area contributed by atoms with Crippen LogP contribution in [-0.2, 0) is 24.0 Å². The van der Waals surface area contributed by atoms with Crippen molar-refractivity contribution in [2.75, 3.05) is 0 Å². The number of amides is 4. The molecule has 0 aliphatic rings. The molecular weight excluding hydrogens is 418 g/mol. The van der Waals surface area contributed by atoms with Crippen LogP contribution in [0.1, 0.15) is 60.8 Å². The third-order valence-corrected chi connectivity index (χ3v) is 5.31. The van der Waals surface area contributed by atoms with Crippen molar-refractivity contribution in [3.63, 3.8) is 0 Å². The molecule has 0 aromatic carbocycles. The summed E-state index contributed by atoms with van der Waals surface area (Å²) in [6.45, 7) is 10.4. The Hall–Kier alpha value is -2.69. The second-order valence-electron chi connectivity index (χ2n) is 8.78. The van der Waals surface area contributed by atoms with Gasteiger partial charge in [-0.2, -0.15) is 0 Å². The van der Waals surface area contributed by atoms with Crippen LogP contribution in [0.4, 0.5) is 0 Å². The minimum absolute atomic E-state index is 0.0390. The van der Waals surface area contributed by atoms with Crippen LogP contribution in [0.15, 0.2) is 0 Å². The van der Waals surface area contributed by atoms with Crippen molar-refractivity contribution in [3.05, 3.63) is 0 Å². The quantitative estimate of drug-likeness (QED) is 0.202. The molecule has 0 aliphatic carbocycles. The fraction of sp³-hybridized carbons (Fsp3) is 0.762. The lowest BCUT2D eigenvalue weighted by atomic mass is 9.95. The minimum Gasteiger partial charge on any atom is -0.480 e. The zero-order valence-corrected chi connectivity index (χ0v) is 19.8. The molecule has 0 aromatic rings. The lowest BCUT2D eigenvalue weighted by Gasteiger charge is -2.29. The summed E-state index contributed by atoms with van der Waals surface area (Å²) in [5, 5.41) is 17.1. The number of carbonyl (C=O) groups is 5. The average Bonchev–Trinajstić information content (AvgIpc) is 2.70. The molecule has 4 amide bonds. The predicted molar refractivity (Wildman–Crippen MR) is 119 cm³/mol. The molecule has 184 valence electrons. The Bertz CT molecular complexity index is 682. The van der Waals surface area contributed by atoms with E-state index < -0.39 is 53.8 Å². The van der Waals surface area contributed by atoms with Gasteiger partial charge in [0.25, 0.3) is 0 Å². The number of aliphatic carboxylic acids is 1. The zero-order chi connectivity index (χ0) is 25.2. The highest BCUT2D eigenvalue weighted by molar-refractivity contribution is 5.94. The van der Waals surface area contributed by atoms with E-state index in [1.54, 1.807) is 34.6 Å². The first-order chi connectivity index (χ1) is 14.7. The van der Waals surface area contributed by atoms with Crippen molar-refractivity contribution in [1.29, 1.82) is 0 Å². The Balaban J connectivity index is 5.44. The monoisotopic (exact) mass is 457 g/mol. The van der Waals surface area contributed by atoms with E-state index >= 15 is 0 Å². The van der Waals surface area contributed by atoms with E-state index in [-0.39, 0.29) is 30.6 Å². The van der Waals surface area contributed by atoms with Crippen LogP contribution in [0.2, 0.25) is 0 Å². The molecule has 0 bridgehead atoms. The maximum atomic E-state index is 13.0. The molecule has 5 atom stereocenters. The van der Waals surface area contributed by atoms with Gasteiger partial charge in [-0.3, -0.25) is 19.2 Å². The van der Waals surface area contributed by atoms with Crippen molar-refractivity contribution in [2.24, 2.45) is 29.2 Å². The molecule has 5 unspecified atom stereocenters. The number of nitrogens with one attached hydrogen (secondary N) is 3. The minimum atomic E-state index is -1.17. The van der Waals surface area contributed by atoms with Gasteiger partial charge in [0, 0.05) is 6.42 Å². The van der Waals surface area contributed by atoms with Crippen molar-refractivity contribution < 1.29 is 29.1 Å². The van der Waals surface area contributed by atoms with Crippen molar-refractivity contribution >= 4 is 29.6 Å². The van der Waals surface area contributed by atoms with Crippen molar-refractivity contribution in [1.82, 2.24) is 16.0 Å². The molecule has 0 radical (unpaired) electrons. The molecule has 0 heterocycles.